The van der Waals surface area contributed by atoms with Crippen molar-refractivity contribution in [2.24, 2.45) is 0 Å². The summed E-state index contributed by atoms with van der Waals surface area (Å²) < 4.78 is 5.45. The van der Waals surface area contributed by atoms with Crippen molar-refractivity contribution in [3.8, 4) is 0 Å². The molecule has 1 aromatic carbocycles. The maximum absolute atomic E-state index is 12.4. The molecular formula is C20H27ClN2O2. The van der Waals surface area contributed by atoms with Gasteiger partial charge in [-0.1, -0.05) is 29.8 Å². The van der Waals surface area contributed by atoms with Gasteiger partial charge in [0, 0.05) is 50.4 Å². The molecule has 2 aliphatic heterocycles. The van der Waals surface area contributed by atoms with E-state index in [4.69, 9.17) is 16.3 Å². The maximum atomic E-state index is 12.4. The lowest BCUT2D eigenvalue weighted by atomic mass is 9.99. The third-order valence-electron chi connectivity index (χ3n) is 5.41. The summed E-state index contributed by atoms with van der Waals surface area (Å²) >= 11 is 6.13. The van der Waals surface area contributed by atoms with E-state index in [0.717, 1.165) is 57.4 Å². The minimum atomic E-state index is 0.0801. The molecule has 2 saturated heterocycles. The summed E-state index contributed by atoms with van der Waals surface area (Å²) in [4.78, 5) is 16.9. The lowest BCUT2D eigenvalue weighted by Crippen LogP contribution is -2.49. The SMILES string of the molecule is COC1CCN(C2CCN(C(=O)/C=C/c3ccccc3Cl)CC2)CC1. The first kappa shape index (κ1) is 18.4. The summed E-state index contributed by atoms with van der Waals surface area (Å²) in [5.74, 6) is 0.0801. The van der Waals surface area contributed by atoms with E-state index in [0.29, 0.717) is 17.2 Å². The number of amides is 1. The Morgan fingerprint density at radius 3 is 2.44 bits per heavy atom. The van der Waals surface area contributed by atoms with Crippen molar-refractivity contribution in [1.82, 2.24) is 9.80 Å². The molecule has 136 valence electrons. The summed E-state index contributed by atoms with van der Waals surface area (Å²) in [7, 11) is 1.81. The minimum Gasteiger partial charge on any atom is -0.381 e. The van der Waals surface area contributed by atoms with Crippen LogP contribution < -0.4 is 0 Å². The van der Waals surface area contributed by atoms with Crippen LogP contribution in [0.15, 0.2) is 30.3 Å². The first-order valence-corrected chi connectivity index (χ1v) is 9.53. The number of methoxy groups -OCH3 is 1. The summed E-state index contributed by atoms with van der Waals surface area (Å²) in [6.45, 7) is 3.90. The predicted molar refractivity (Wildman–Crippen MR) is 102 cm³/mol. The van der Waals surface area contributed by atoms with E-state index in [-0.39, 0.29) is 5.91 Å². The Kier molecular flexibility index (Phi) is 6.51. The Labute approximate surface area is 155 Å². The molecule has 1 amide bonds. The van der Waals surface area contributed by atoms with E-state index in [1.54, 1.807) is 13.2 Å². The molecule has 3 rings (SSSR count). The van der Waals surface area contributed by atoms with E-state index in [1.165, 1.54) is 0 Å². The Bertz CT molecular complexity index is 603. The first-order valence-electron chi connectivity index (χ1n) is 9.15. The monoisotopic (exact) mass is 362 g/mol. The van der Waals surface area contributed by atoms with Crippen molar-refractivity contribution >= 4 is 23.6 Å². The van der Waals surface area contributed by atoms with E-state index < -0.39 is 0 Å². The lowest BCUT2D eigenvalue weighted by Gasteiger charge is -2.41. The van der Waals surface area contributed by atoms with Crippen molar-refractivity contribution in [1.29, 1.82) is 0 Å². The second-order valence-corrected chi connectivity index (χ2v) is 7.29. The highest BCUT2D eigenvalue weighted by Gasteiger charge is 2.29. The van der Waals surface area contributed by atoms with Gasteiger partial charge in [-0.2, -0.15) is 0 Å². The van der Waals surface area contributed by atoms with Crippen molar-refractivity contribution in [2.75, 3.05) is 33.3 Å². The summed E-state index contributed by atoms with van der Waals surface area (Å²) in [5.41, 5.74) is 0.883. The number of carbonyl (C=O) groups excluding carboxylic acids is 1. The molecule has 0 atom stereocenters. The third kappa shape index (κ3) is 4.84. The molecule has 0 spiro atoms. The van der Waals surface area contributed by atoms with Crippen LogP contribution in [0.3, 0.4) is 0 Å². The van der Waals surface area contributed by atoms with Crippen molar-refractivity contribution < 1.29 is 9.53 Å². The van der Waals surface area contributed by atoms with Gasteiger partial charge in [-0.15, -0.1) is 0 Å². The topological polar surface area (TPSA) is 32.8 Å². The zero-order valence-corrected chi connectivity index (χ0v) is 15.6. The number of rotatable bonds is 4. The Hall–Kier alpha value is -1.36. The Balaban J connectivity index is 1.47. The molecule has 0 aromatic heterocycles. The van der Waals surface area contributed by atoms with Gasteiger partial charge >= 0.3 is 0 Å². The number of benzene rings is 1. The van der Waals surface area contributed by atoms with Crippen LogP contribution in [0.5, 0.6) is 0 Å². The van der Waals surface area contributed by atoms with E-state index in [2.05, 4.69) is 4.90 Å². The quantitative estimate of drug-likeness (QED) is 0.769. The molecule has 2 fully saturated rings. The molecule has 2 aliphatic rings. The van der Waals surface area contributed by atoms with Crippen LogP contribution in [0.4, 0.5) is 0 Å². The van der Waals surface area contributed by atoms with Gasteiger partial charge in [-0.05, 0) is 43.4 Å². The van der Waals surface area contributed by atoms with Gasteiger partial charge in [0.25, 0.3) is 0 Å². The molecule has 1 aromatic rings. The van der Waals surface area contributed by atoms with Crippen molar-refractivity contribution in [2.45, 2.75) is 37.8 Å². The molecule has 4 nitrogen and oxygen atoms in total. The fourth-order valence-corrected chi connectivity index (χ4v) is 4.00. The first-order chi connectivity index (χ1) is 12.2. The number of carbonyl (C=O) groups is 1. The highest BCUT2D eigenvalue weighted by molar-refractivity contribution is 6.32. The number of hydrogen-bond acceptors (Lipinski definition) is 3. The number of ether oxygens (including phenoxy) is 1. The average Bonchev–Trinajstić information content (AvgIpc) is 2.67. The maximum Gasteiger partial charge on any atom is 0.246 e. The second-order valence-electron chi connectivity index (χ2n) is 6.88. The molecule has 0 saturated carbocycles. The van der Waals surface area contributed by atoms with Crippen LogP contribution in [0.1, 0.15) is 31.2 Å². The fourth-order valence-electron chi connectivity index (χ4n) is 3.80. The van der Waals surface area contributed by atoms with E-state index in [1.807, 2.05) is 35.2 Å². The molecule has 5 heteroatoms. The number of nitrogens with zero attached hydrogens (tertiary/aromatic N) is 2. The van der Waals surface area contributed by atoms with Gasteiger partial charge < -0.3 is 14.5 Å². The molecular weight excluding hydrogens is 336 g/mol. The normalized spacial score (nSPS) is 21.1. The molecule has 0 N–H and O–H groups in total. The average molecular weight is 363 g/mol. The zero-order chi connectivity index (χ0) is 17.6. The van der Waals surface area contributed by atoms with Gasteiger partial charge in [0.2, 0.25) is 5.91 Å². The van der Waals surface area contributed by atoms with Crippen molar-refractivity contribution in [3.05, 3.63) is 40.9 Å². The summed E-state index contributed by atoms with van der Waals surface area (Å²) in [5, 5.41) is 0.671. The van der Waals surface area contributed by atoms with Crippen LogP contribution >= 0.6 is 11.6 Å². The summed E-state index contributed by atoms with van der Waals surface area (Å²) in [6, 6.07) is 8.18. The highest BCUT2D eigenvalue weighted by Crippen LogP contribution is 2.22. The third-order valence-corrected chi connectivity index (χ3v) is 5.76. The van der Waals surface area contributed by atoms with Gasteiger partial charge in [0.1, 0.15) is 0 Å². The Morgan fingerprint density at radius 1 is 1.12 bits per heavy atom. The number of hydrogen-bond donors (Lipinski definition) is 0. The molecule has 0 aliphatic carbocycles. The van der Waals surface area contributed by atoms with E-state index in [9.17, 15) is 4.79 Å². The highest BCUT2D eigenvalue weighted by atomic mass is 35.5. The lowest BCUT2D eigenvalue weighted by molar-refractivity contribution is -0.127. The number of halogens is 1. The molecule has 2 heterocycles. The van der Waals surface area contributed by atoms with Crippen molar-refractivity contribution in [3.63, 3.8) is 0 Å². The Morgan fingerprint density at radius 2 is 1.80 bits per heavy atom. The zero-order valence-electron chi connectivity index (χ0n) is 14.9. The van der Waals surface area contributed by atoms with Gasteiger partial charge in [0.15, 0.2) is 0 Å². The second kappa shape index (κ2) is 8.84. The smallest absolute Gasteiger partial charge is 0.246 e. The van der Waals surface area contributed by atoms with Gasteiger partial charge in [0.05, 0.1) is 6.10 Å². The number of piperidine rings is 2. The largest absolute Gasteiger partial charge is 0.381 e. The number of likely N-dealkylation sites (tertiary alicyclic amines) is 2. The summed E-state index contributed by atoms with van der Waals surface area (Å²) in [6.07, 6.45) is 8.24. The van der Waals surface area contributed by atoms with Crippen LogP contribution in [0.2, 0.25) is 5.02 Å². The molecule has 0 radical (unpaired) electrons. The molecule has 0 unspecified atom stereocenters. The fraction of sp³-hybridized carbons (Fsp3) is 0.550. The van der Waals surface area contributed by atoms with E-state index >= 15 is 0 Å². The van der Waals surface area contributed by atoms with Gasteiger partial charge in [-0.25, -0.2) is 0 Å². The minimum absolute atomic E-state index is 0.0801. The van der Waals surface area contributed by atoms with Crippen LogP contribution in [0, 0.1) is 0 Å². The van der Waals surface area contributed by atoms with Crippen LogP contribution in [0.25, 0.3) is 6.08 Å². The van der Waals surface area contributed by atoms with Crippen LogP contribution in [-0.2, 0) is 9.53 Å². The predicted octanol–water partition coefficient (Wildman–Crippen LogP) is 3.46. The molecule has 0 bridgehead atoms. The van der Waals surface area contributed by atoms with Crippen LogP contribution in [-0.4, -0.2) is 61.1 Å². The molecule has 25 heavy (non-hydrogen) atoms. The van der Waals surface area contributed by atoms with Gasteiger partial charge in [-0.3, -0.25) is 4.79 Å². The standard InChI is InChI=1S/C20H27ClN2O2/c1-25-18-10-14-22(15-11-18)17-8-12-23(13-9-17)20(24)7-6-16-4-2-3-5-19(16)21/h2-7,17-18H,8-15H2,1H3/b7-6+.